The largest absolute Gasteiger partial charge is 0.361 e. The Hall–Kier alpha value is -2.65. The van der Waals surface area contributed by atoms with Gasteiger partial charge in [-0.15, -0.1) is 0 Å². The second kappa shape index (κ2) is 9.00. The minimum atomic E-state index is -0.548. The number of fused-ring (bicyclic) bond motifs is 1. The van der Waals surface area contributed by atoms with Gasteiger partial charge < -0.3 is 16.0 Å². The Labute approximate surface area is 153 Å². The van der Waals surface area contributed by atoms with E-state index in [2.05, 4.69) is 28.1 Å². The Morgan fingerprint density at radius 3 is 2.56 bits per heavy atom. The lowest BCUT2D eigenvalue weighted by atomic mass is 10.0. The van der Waals surface area contributed by atoms with Crippen molar-refractivity contribution in [2.45, 2.75) is 32.4 Å². The number of benzene rings is 2. The predicted molar refractivity (Wildman–Crippen MR) is 104 cm³/mol. The summed E-state index contributed by atoms with van der Waals surface area (Å²) in [5.74, 6) is -0.248. The van der Waals surface area contributed by atoms with E-state index in [1.165, 1.54) is 0 Å². The molecule has 6 heteroatoms. The van der Waals surface area contributed by atoms with E-state index in [1.807, 2.05) is 50.2 Å². The molecule has 1 unspecified atom stereocenters. The number of thiocarbonyl (C=S) groups is 1. The molecule has 0 aliphatic carbocycles. The third kappa shape index (κ3) is 5.73. The number of rotatable bonds is 6. The minimum Gasteiger partial charge on any atom is -0.361 e. The van der Waals surface area contributed by atoms with Crippen LogP contribution < -0.4 is 16.0 Å². The molecule has 0 spiro atoms. The van der Waals surface area contributed by atoms with Crippen LogP contribution in [-0.4, -0.2) is 29.6 Å². The predicted octanol–water partition coefficient (Wildman–Crippen LogP) is 2.26. The maximum atomic E-state index is 12.4. The Balaban J connectivity index is 2.16. The zero-order valence-corrected chi connectivity index (χ0v) is 15.2. The molecule has 3 N–H and O–H groups in total. The smallest absolute Gasteiger partial charge is 0.243 e. The fraction of sp³-hybridized carbons (Fsp3) is 0.316. The van der Waals surface area contributed by atoms with Gasteiger partial charge in [0.1, 0.15) is 12.6 Å². The van der Waals surface area contributed by atoms with E-state index in [-0.39, 0.29) is 18.5 Å². The summed E-state index contributed by atoms with van der Waals surface area (Å²) in [6.07, 6.45) is 0.474. The van der Waals surface area contributed by atoms with Crippen LogP contribution in [0.1, 0.15) is 19.4 Å². The molecule has 2 aromatic rings. The minimum absolute atomic E-state index is 0.0287. The van der Waals surface area contributed by atoms with Gasteiger partial charge in [-0.25, -0.2) is 0 Å². The summed E-state index contributed by atoms with van der Waals surface area (Å²) < 4.78 is 0. The van der Waals surface area contributed by atoms with Gasteiger partial charge in [-0.1, -0.05) is 42.5 Å². The van der Waals surface area contributed by atoms with E-state index in [1.54, 1.807) is 0 Å². The Bertz CT molecular complexity index is 797. The van der Waals surface area contributed by atoms with Crippen LogP contribution in [0.5, 0.6) is 0 Å². The Morgan fingerprint density at radius 1 is 1.16 bits per heavy atom. The molecule has 1 atom stereocenters. The fourth-order valence-corrected chi connectivity index (χ4v) is 2.90. The van der Waals surface area contributed by atoms with Crippen LogP contribution in [0.3, 0.4) is 0 Å². The standard InChI is InChI=1S/C19H22N4OS/c1-13(2)22-19(25)23-17(18(24)21-10-9-20)12-14-7-8-15-5-3-4-6-16(15)11-14/h3-8,11,13,17H,10,12H2,1-2H3,(H,21,24)(H2,22,23,25). The van der Waals surface area contributed by atoms with Crippen molar-refractivity contribution in [2.24, 2.45) is 0 Å². The maximum Gasteiger partial charge on any atom is 0.243 e. The molecule has 0 saturated heterocycles. The maximum absolute atomic E-state index is 12.4. The van der Waals surface area contributed by atoms with Crippen molar-refractivity contribution < 1.29 is 4.79 Å². The van der Waals surface area contributed by atoms with Crippen molar-refractivity contribution in [3.8, 4) is 6.07 Å². The Kier molecular flexibility index (Phi) is 6.72. The highest BCUT2D eigenvalue weighted by Crippen LogP contribution is 2.16. The van der Waals surface area contributed by atoms with Crippen molar-refractivity contribution in [3.63, 3.8) is 0 Å². The summed E-state index contributed by atoms with van der Waals surface area (Å²) in [7, 11) is 0. The first-order valence-electron chi connectivity index (χ1n) is 8.19. The SMILES string of the molecule is CC(C)NC(=S)NC(Cc1ccc2ccccc2c1)C(=O)NCC#N. The molecule has 0 saturated carbocycles. The number of hydrogen-bond acceptors (Lipinski definition) is 3. The first-order valence-corrected chi connectivity index (χ1v) is 8.60. The normalized spacial score (nSPS) is 11.6. The first kappa shape index (κ1) is 18.7. The van der Waals surface area contributed by atoms with Gasteiger partial charge in [0.25, 0.3) is 0 Å². The molecule has 0 aromatic heterocycles. The molecule has 0 radical (unpaired) electrons. The molecule has 0 fully saturated rings. The van der Waals surface area contributed by atoms with E-state index < -0.39 is 6.04 Å². The second-order valence-corrected chi connectivity index (χ2v) is 6.49. The second-order valence-electron chi connectivity index (χ2n) is 6.09. The third-order valence-electron chi connectivity index (χ3n) is 3.64. The molecular formula is C19H22N4OS. The van der Waals surface area contributed by atoms with E-state index in [9.17, 15) is 4.79 Å². The number of amides is 1. The van der Waals surface area contributed by atoms with Gasteiger partial charge in [0.2, 0.25) is 5.91 Å². The number of nitrogens with zero attached hydrogens (tertiary/aromatic N) is 1. The number of nitriles is 1. The quantitative estimate of drug-likeness (QED) is 0.548. The van der Waals surface area contributed by atoms with Crippen molar-refractivity contribution in [2.75, 3.05) is 6.54 Å². The van der Waals surface area contributed by atoms with Crippen molar-refractivity contribution in [3.05, 3.63) is 48.0 Å². The van der Waals surface area contributed by atoms with Gasteiger partial charge >= 0.3 is 0 Å². The van der Waals surface area contributed by atoms with Crippen molar-refractivity contribution in [1.29, 1.82) is 5.26 Å². The Morgan fingerprint density at radius 2 is 1.88 bits per heavy atom. The van der Waals surface area contributed by atoms with Gasteiger partial charge in [-0.3, -0.25) is 4.79 Å². The molecule has 130 valence electrons. The average molecular weight is 354 g/mol. The molecule has 2 aromatic carbocycles. The van der Waals surface area contributed by atoms with Crippen LogP contribution in [0, 0.1) is 11.3 Å². The molecule has 25 heavy (non-hydrogen) atoms. The van der Waals surface area contributed by atoms with Crippen molar-refractivity contribution >= 4 is 34.0 Å². The van der Waals surface area contributed by atoms with Crippen molar-refractivity contribution in [1.82, 2.24) is 16.0 Å². The highest BCUT2D eigenvalue weighted by molar-refractivity contribution is 7.80. The van der Waals surface area contributed by atoms with Crippen LogP contribution in [0.15, 0.2) is 42.5 Å². The van der Waals surface area contributed by atoms with Gasteiger partial charge in [-0.2, -0.15) is 5.26 Å². The van der Waals surface area contributed by atoms with Gasteiger partial charge in [-0.05, 0) is 42.4 Å². The lowest BCUT2D eigenvalue weighted by molar-refractivity contribution is -0.122. The average Bonchev–Trinajstić information content (AvgIpc) is 2.58. The summed E-state index contributed by atoms with van der Waals surface area (Å²) in [6, 6.07) is 15.7. The highest BCUT2D eigenvalue weighted by Gasteiger charge is 2.20. The summed E-state index contributed by atoms with van der Waals surface area (Å²) in [5.41, 5.74) is 1.02. The number of hydrogen-bond donors (Lipinski definition) is 3. The molecule has 0 bridgehead atoms. The zero-order chi connectivity index (χ0) is 18.2. The molecule has 2 rings (SSSR count). The number of carbonyl (C=O) groups is 1. The van der Waals surface area contributed by atoms with Crippen LogP contribution in [0.25, 0.3) is 10.8 Å². The van der Waals surface area contributed by atoms with Gasteiger partial charge in [0.15, 0.2) is 5.11 Å². The molecular weight excluding hydrogens is 332 g/mol. The lowest BCUT2D eigenvalue weighted by Crippen LogP contribution is -2.52. The van der Waals surface area contributed by atoms with Crippen LogP contribution >= 0.6 is 12.2 Å². The molecule has 1 amide bonds. The number of nitrogens with one attached hydrogen (secondary N) is 3. The summed E-state index contributed by atoms with van der Waals surface area (Å²) in [4.78, 5) is 12.4. The topological polar surface area (TPSA) is 76.9 Å². The van der Waals surface area contributed by atoms with Crippen LogP contribution in [-0.2, 0) is 11.2 Å². The molecule has 0 heterocycles. The first-order chi connectivity index (χ1) is 12.0. The van der Waals surface area contributed by atoms with E-state index in [0.717, 1.165) is 16.3 Å². The van der Waals surface area contributed by atoms with Gasteiger partial charge in [0, 0.05) is 12.5 Å². The molecule has 5 nitrogen and oxygen atoms in total. The number of carbonyl (C=O) groups excluding carboxylic acids is 1. The summed E-state index contributed by atoms with van der Waals surface area (Å²) >= 11 is 5.26. The fourth-order valence-electron chi connectivity index (χ4n) is 2.52. The summed E-state index contributed by atoms with van der Waals surface area (Å²) in [6.45, 7) is 3.92. The molecule has 0 aliphatic heterocycles. The van der Waals surface area contributed by atoms with E-state index in [4.69, 9.17) is 17.5 Å². The highest BCUT2D eigenvalue weighted by atomic mass is 32.1. The van der Waals surface area contributed by atoms with Crippen LogP contribution in [0.2, 0.25) is 0 Å². The lowest BCUT2D eigenvalue weighted by Gasteiger charge is -2.21. The third-order valence-corrected chi connectivity index (χ3v) is 3.87. The van der Waals surface area contributed by atoms with E-state index in [0.29, 0.717) is 11.5 Å². The van der Waals surface area contributed by atoms with Gasteiger partial charge in [0.05, 0.1) is 6.07 Å². The van der Waals surface area contributed by atoms with E-state index >= 15 is 0 Å². The zero-order valence-electron chi connectivity index (χ0n) is 14.4. The summed E-state index contributed by atoms with van der Waals surface area (Å²) in [5, 5.41) is 20.1. The molecule has 0 aliphatic rings. The van der Waals surface area contributed by atoms with Crippen LogP contribution in [0.4, 0.5) is 0 Å². The monoisotopic (exact) mass is 354 g/mol.